The van der Waals surface area contributed by atoms with Gasteiger partial charge in [-0.15, -0.1) is 0 Å². The van der Waals surface area contributed by atoms with E-state index in [4.69, 9.17) is 51.6 Å². The minimum Gasteiger partial charge on any atom is -0.450 e. The molecule has 0 radical (unpaired) electrons. The average Bonchev–Trinajstić information content (AvgIpc) is 3.80. The zero-order valence-electron chi connectivity index (χ0n) is 35.8. The normalized spacial score (nSPS) is 14.6. The van der Waals surface area contributed by atoms with E-state index in [-0.39, 0.29) is 19.8 Å². The van der Waals surface area contributed by atoms with E-state index < -0.39 is 97.3 Å². The molecule has 29 heteroatoms. The maximum absolute atomic E-state index is 13.3. The Kier molecular flexibility index (Phi) is 19.2. The van der Waals surface area contributed by atoms with Crippen molar-refractivity contribution in [2.24, 2.45) is 0 Å². The summed E-state index contributed by atoms with van der Waals surface area (Å²) >= 11 is 0. The summed E-state index contributed by atoms with van der Waals surface area (Å²) in [5.74, 6) is 0.787. The van der Waals surface area contributed by atoms with E-state index in [9.17, 15) is 23.5 Å². The van der Waals surface area contributed by atoms with E-state index in [0.29, 0.717) is 34.0 Å². The molecule has 4 aromatic heterocycles. The third kappa shape index (κ3) is 16.7. The highest BCUT2D eigenvalue weighted by Gasteiger charge is 2.30. The van der Waals surface area contributed by atoms with Crippen LogP contribution >= 0.6 is 15.2 Å². The third-order valence-corrected chi connectivity index (χ3v) is 10.7. The molecule has 0 saturated heterocycles. The molecule has 4 aromatic rings. The Balaban J connectivity index is 1.31. The molecule has 0 aliphatic carbocycles. The van der Waals surface area contributed by atoms with Crippen LogP contribution in [0.4, 0.5) is 26.0 Å². The number of imidazole rings is 2. The van der Waals surface area contributed by atoms with E-state index in [1.807, 2.05) is 0 Å². The summed E-state index contributed by atoms with van der Waals surface area (Å²) in [5, 5.41) is 15.1. The van der Waals surface area contributed by atoms with Crippen LogP contribution in [0.25, 0.3) is 22.3 Å². The summed E-state index contributed by atoms with van der Waals surface area (Å²) in [5.41, 5.74) is 1.79. The molecule has 0 aliphatic heterocycles. The standard InChI is InChI=1S/C34H52N10O17P2/c1-21(2)59-33(47)52-17-57-62(49,56-16-51-32(45)46)19-54-24(7)9-43-14-41-26-28(37-12-39-30(26)43)35-11-36-29-27-31(40-13-38-29)44(15-42-27)10-25(8)55-20-63(50,61-23(5)6)58-18-53-34(48)60-22(3)4/h12-15,21-25H,9-11,16-20H2,1-8H3,(H,45,46)(H,35,37,39)(H,36,38,40)/t24-,25-,62?,63?/m1/s1. The summed E-state index contributed by atoms with van der Waals surface area (Å²) in [6.45, 7) is 11.4. The number of ether oxygens (including phenoxy) is 7. The fourth-order valence-corrected chi connectivity index (χ4v) is 7.62. The van der Waals surface area contributed by atoms with Crippen LogP contribution in [0.2, 0.25) is 0 Å². The van der Waals surface area contributed by atoms with Crippen molar-refractivity contribution in [1.29, 1.82) is 0 Å². The molecular formula is C34H52N10O17P2. The first kappa shape index (κ1) is 50.4. The van der Waals surface area contributed by atoms with Crippen molar-refractivity contribution in [2.45, 2.75) is 99.0 Å². The van der Waals surface area contributed by atoms with Crippen LogP contribution in [-0.2, 0) is 73.5 Å². The summed E-state index contributed by atoms with van der Waals surface area (Å²) in [4.78, 5) is 60.4. The molecule has 350 valence electrons. The van der Waals surface area contributed by atoms with Gasteiger partial charge in [-0.1, -0.05) is 0 Å². The number of carbonyl (C=O) groups is 3. The van der Waals surface area contributed by atoms with Crippen molar-refractivity contribution in [2.75, 3.05) is 50.4 Å². The third-order valence-electron chi connectivity index (χ3n) is 7.58. The molecule has 0 aromatic carbocycles. The Hall–Kier alpha value is -5.27. The van der Waals surface area contributed by atoms with E-state index in [1.54, 1.807) is 70.9 Å². The number of carboxylic acid groups (broad SMARTS) is 1. The molecule has 0 spiro atoms. The van der Waals surface area contributed by atoms with Gasteiger partial charge in [-0.3, -0.25) is 22.7 Å². The number of rotatable bonds is 27. The minimum atomic E-state index is -4.21. The molecule has 4 heterocycles. The first-order chi connectivity index (χ1) is 29.8. The molecular weight excluding hydrogens is 882 g/mol. The lowest BCUT2D eigenvalue weighted by Gasteiger charge is -2.22. The molecule has 0 amide bonds. The summed E-state index contributed by atoms with van der Waals surface area (Å²) < 4.78 is 86.0. The Labute approximate surface area is 360 Å². The molecule has 3 N–H and O–H groups in total. The predicted octanol–water partition coefficient (Wildman–Crippen LogP) is 5.72. The van der Waals surface area contributed by atoms with Crippen molar-refractivity contribution < 1.29 is 79.9 Å². The van der Waals surface area contributed by atoms with Crippen LogP contribution in [0, 0.1) is 0 Å². The van der Waals surface area contributed by atoms with Crippen molar-refractivity contribution in [3.63, 3.8) is 0 Å². The Bertz CT molecular complexity index is 2210. The molecule has 63 heavy (non-hydrogen) atoms. The van der Waals surface area contributed by atoms with Gasteiger partial charge in [-0.2, -0.15) is 0 Å². The number of carbonyl (C=O) groups excluding carboxylic acids is 2. The zero-order valence-corrected chi connectivity index (χ0v) is 37.6. The number of nitrogens with one attached hydrogen (secondary N) is 2. The van der Waals surface area contributed by atoms with Gasteiger partial charge in [0.05, 0.1) is 62.9 Å². The van der Waals surface area contributed by atoms with Crippen molar-refractivity contribution >= 4 is 67.6 Å². The number of nitrogens with zero attached hydrogens (tertiary/aromatic N) is 8. The Morgan fingerprint density at radius 2 is 1.05 bits per heavy atom. The van der Waals surface area contributed by atoms with Gasteiger partial charge in [-0.05, 0) is 55.4 Å². The first-order valence-electron chi connectivity index (χ1n) is 19.2. The second-order valence-electron chi connectivity index (χ2n) is 14.0. The number of anilines is 2. The second-order valence-corrected chi connectivity index (χ2v) is 17.9. The Morgan fingerprint density at radius 3 is 1.48 bits per heavy atom. The molecule has 0 bridgehead atoms. The highest BCUT2D eigenvalue weighted by atomic mass is 31.2. The van der Waals surface area contributed by atoms with Crippen LogP contribution in [0.1, 0.15) is 55.4 Å². The van der Waals surface area contributed by atoms with Gasteiger partial charge in [0, 0.05) is 0 Å². The summed E-state index contributed by atoms with van der Waals surface area (Å²) in [7, 11) is -8.05. The first-order valence-corrected chi connectivity index (χ1v) is 22.7. The number of fused-ring (bicyclic) bond motifs is 2. The van der Waals surface area contributed by atoms with E-state index in [2.05, 4.69) is 45.3 Å². The van der Waals surface area contributed by atoms with Crippen molar-refractivity contribution in [3.05, 3.63) is 25.3 Å². The fourth-order valence-electron chi connectivity index (χ4n) is 5.05. The van der Waals surface area contributed by atoms with Gasteiger partial charge in [0.25, 0.3) is 0 Å². The van der Waals surface area contributed by atoms with Gasteiger partial charge in [0.1, 0.15) is 36.4 Å². The highest BCUT2D eigenvalue weighted by molar-refractivity contribution is 7.53. The fraction of sp³-hybridized carbons (Fsp3) is 0.618. The average molecular weight is 935 g/mol. The molecule has 0 fully saturated rings. The van der Waals surface area contributed by atoms with Crippen molar-refractivity contribution in [1.82, 2.24) is 39.0 Å². The molecule has 0 aliphatic rings. The lowest BCUT2D eigenvalue weighted by molar-refractivity contribution is -0.0300. The predicted molar refractivity (Wildman–Crippen MR) is 217 cm³/mol. The van der Waals surface area contributed by atoms with Gasteiger partial charge in [-0.25, -0.2) is 44.3 Å². The van der Waals surface area contributed by atoms with Gasteiger partial charge in [0.15, 0.2) is 22.9 Å². The van der Waals surface area contributed by atoms with E-state index in [0.717, 1.165) is 0 Å². The SMILES string of the molecule is CC(C)OC(=O)OCOP(=O)(CO[C@H](C)Cn1cnc2c(NCNc3ncnc4c3ncn4C[C@@H](C)OCP(=O)(OCOC(=O)OC(C)C)OC(C)C)ncnc21)OCOC(=O)O. The number of aromatic nitrogens is 8. The monoisotopic (exact) mass is 934 g/mol. The molecule has 27 nitrogen and oxygen atoms in total. The van der Waals surface area contributed by atoms with Crippen molar-refractivity contribution in [3.8, 4) is 0 Å². The lowest BCUT2D eigenvalue weighted by atomic mass is 10.4. The smallest absolute Gasteiger partial charge is 0.450 e. The van der Waals surface area contributed by atoms with Gasteiger partial charge < -0.3 is 62.6 Å². The lowest BCUT2D eigenvalue weighted by Crippen LogP contribution is -2.20. The topological polar surface area (TPSA) is 318 Å². The maximum atomic E-state index is 13.3. The minimum absolute atomic E-state index is 0.126. The van der Waals surface area contributed by atoms with E-state index in [1.165, 1.54) is 19.0 Å². The van der Waals surface area contributed by atoms with Crippen LogP contribution < -0.4 is 10.6 Å². The van der Waals surface area contributed by atoms with Crippen LogP contribution in [0.5, 0.6) is 0 Å². The quantitative estimate of drug-likeness (QED) is 0.0278. The highest BCUT2D eigenvalue weighted by Crippen LogP contribution is 2.50. The largest absolute Gasteiger partial charge is 0.510 e. The molecule has 4 atom stereocenters. The zero-order chi connectivity index (χ0) is 46.2. The number of hydrogen-bond donors (Lipinski definition) is 3. The molecule has 2 unspecified atom stereocenters. The summed E-state index contributed by atoms with van der Waals surface area (Å²) in [6, 6.07) is 0. The Morgan fingerprint density at radius 1 is 0.619 bits per heavy atom. The molecule has 0 saturated carbocycles. The van der Waals surface area contributed by atoms with Crippen LogP contribution in [-0.4, -0.2) is 133 Å². The van der Waals surface area contributed by atoms with Gasteiger partial charge in [0.2, 0.25) is 20.4 Å². The van der Waals surface area contributed by atoms with Crippen LogP contribution in [0.3, 0.4) is 0 Å². The summed E-state index contributed by atoms with van der Waals surface area (Å²) in [6.07, 6.45) is -1.57. The number of hydrogen-bond acceptors (Lipinski definition) is 24. The molecule has 4 rings (SSSR count). The second kappa shape index (κ2) is 24.0. The maximum Gasteiger partial charge on any atom is 0.510 e. The van der Waals surface area contributed by atoms with Gasteiger partial charge >= 0.3 is 33.7 Å². The van der Waals surface area contributed by atoms with Crippen LogP contribution in [0.15, 0.2) is 25.3 Å². The van der Waals surface area contributed by atoms with E-state index >= 15 is 0 Å².